The lowest BCUT2D eigenvalue weighted by atomic mass is 9.90. The van der Waals surface area contributed by atoms with Gasteiger partial charge in [0.05, 0.1) is 28.8 Å². The van der Waals surface area contributed by atoms with Crippen LogP contribution in [0.1, 0.15) is 28.7 Å². The third-order valence-corrected chi connectivity index (χ3v) is 10.7. The summed E-state index contributed by atoms with van der Waals surface area (Å²) in [5, 5.41) is 8.61. The summed E-state index contributed by atoms with van der Waals surface area (Å²) in [7, 11) is 0. The zero-order valence-corrected chi connectivity index (χ0v) is 27.6. The SMILES string of the molecule is C1=C(c2ccccc2)NC(N2c3c(ccc4c5ccccc5n(-c5ccccc5)c34)C3C=c4c(oc5ccccc45)=CC32)=NC1c1ccccc1. The third kappa shape index (κ3) is 4.25. The molecular weight excluding hydrogens is 625 g/mol. The smallest absolute Gasteiger partial charge is 0.204 e. The van der Waals surface area contributed by atoms with Crippen molar-refractivity contribution < 1.29 is 4.42 Å². The number of aromatic nitrogens is 1. The largest absolute Gasteiger partial charge is 0.456 e. The van der Waals surface area contributed by atoms with Crippen molar-refractivity contribution in [2.45, 2.75) is 18.0 Å². The van der Waals surface area contributed by atoms with Crippen LogP contribution in [0.4, 0.5) is 5.69 Å². The van der Waals surface area contributed by atoms with Crippen LogP contribution >= 0.6 is 0 Å². The lowest BCUT2D eigenvalue weighted by Crippen LogP contribution is -2.48. The summed E-state index contributed by atoms with van der Waals surface area (Å²) in [5.41, 5.74) is 11.1. The number of hydrogen-bond donors (Lipinski definition) is 1. The van der Waals surface area contributed by atoms with Crippen LogP contribution < -0.4 is 20.9 Å². The molecule has 4 heterocycles. The van der Waals surface area contributed by atoms with E-state index in [1.54, 1.807) is 0 Å². The Hall–Kier alpha value is -6.59. The van der Waals surface area contributed by atoms with Gasteiger partial charge in [0.15, 0.2) is 0 Å². The summed E-state index contributed by atoms with van der Waals surface area (Å²) in [6.45, 7) is 0. The Morgan fingerprint density at radius 2 is 1.31 bits per heavy atom. The van der Waals surface area contributed by atoms with Gasteiger partial charge in [-0.15, -0.1) is 0 Å². The molecule has 8 aromatic rings. The molecule has 2 aliphatic heterocycles. The second kappa shape index (κ2) is 11.0. The average molecular weight is 657 g/mol. The van der Waals surface area contributed by atoms with Gasteiger partial charge in [0.1, 0.15) is 11.0 Å². The van der Waals surface area contributed by atoms with Crippen molar-refractivity contribution in [3.8, 4) is 5.69 Å². The number of furan rings is 1. The molecule has 0 fully saturated rings. The molecule has 3 atom stereocenters. The second-order valence-electron chi connectivity index (χ2n) is 13.6. The Kier molecular flexibility index (Phi) is 6.07. The van der Waals surface area contributed by atoms with E-state index in [4.69, 9.17) is 9.41 Å². The minimum absolute atomic E-state index is 0.0707. The van der Waals surface area contributed by atoms with E-state index in [1.165, 1.54) is 27.4 Å². The molecule has 1 N–H and O–H groups in total. The molecule has 0 saturated heterocycles. The predicted octanol–water partition coefficient (Wildman–Crippen LogP) is 8.82. The molecule has 242 valence electrons. The first kappa shape index (κ1) is 28.3. The fraction of sp³-hybridized carbons (Fsp3) is 0.0652. The molecule has 6 aromatic carbocycles. The molecule has 51 heavy (non-hydrogen) atoms. The quantitative estimate of drug-likeness (QED) is 0.207. The molecule has 5 heteroatoms. The lowest BCUT2D eigenvalue weighted by molar-refractivity contribution is 0.567. The molecular formula is C46H32N4O. The van der Waals surface area contributed by atoms with Gasteiger partial charge < -0.3 is 19.2 Å². The van der Waals surface area contributed by atoms with Crippen molar-refractivity contribution in [3.05, 3.63) is 185 Å². The fourth-order valence-corrected chi connectivity index (χ4v) is 8.50. The van der Waals surface area contributed by atoms with E-state index in [2.05, 4.69) is 179 Å². The number of nitrogens with zero attached hydrogens (tertiary/aromatic N) is 3. The molecule has 5 nitrogen and oxygen atoms in total. The highest BCUT2D eigenvalue weighted by atomic mass is 16.3. The minimum atomic E-state index is -0.173. The molecule has 0 radical (unpaired) electrons. The molecule has 11 rings (SSSR count). The van der Waals surface area contributed by atoms with Crippen molar-refractivity contribution in [1.29, 1.82) is 0 Å². The van der Waals surface area contributed by atoms with Gasteiger partial charge in [-0.3, -0.25) is 0 Å². The Morgan fingerprint density at radius 3 is 2.14 bits per heavy atom. The summed E-state index contributed by atoms with van der Waals surface area (Å²) in [6, 6.07) is 53.5. The van der Waals surface area contributed by atoms with Crippen molar-refractivity contribution in [1.82, 2.24) is 9.88 Å². The standard InChI is InChI=1S/C46H32N4O/c1-4-14-29(15-5-1)38-27-39(30-16-6-2-7-17-30)48-46(47-38)50-41-28-43-37(33-21-11-13-23-42(33)51-43)26-36(41)35-25-24-34-32-20-10-12-22-40(32)49(44(34)45(35)50)31-18-8-3-9-19-31/h1-28,36,38,41H,(H,47,48). The van der Waals surface area contributed by atoms with Crippen LogP contribution in [0.15, 0.2) is 167 Å². The van der Waals surface area contributed by atoms with Gasteiger partial charge in [-0.05, 0) is 53.1 Å². The zero-order valence-electron chi connectivity index (χ0n) is 27.6. The topological polar surface area (TPSA) is 45.7 Å². The van der Waals surface area contributed by atoms with Gasteiger partial charge in [0.25, 0.3) is 0 Å². The van der Waals surface area contributed by atoms with E-state index in [0.717, 1.165) is 55.8 Å². The highest BCUT2D eigenvalue weighted by molar-refractivity contribution is 6.19. The van der Waals surface area contributed by atoms with Crippen LogP contribution in [0.3, 0.4) is 0 Å². The van der Waals surface area contributed by atoms with Gasteiger partial charge in [-0.2, -0.15) is 0 Å². The first-order chi connectivity index (χ1) is 25.3. The van der Waals surface area contributed by atoms with Crippen molar-refractivity contribution >= 4 is 62.3 Å². The van der Waals surface area contributed by atoms with Crippen molar-refractivity contribution in [3.63, 3.8) is 0 Å². The first-order valence-electron chi connectivity index (χ1n) is 17.6. The number of guanidine groups is 1. The van der Waals surface area contributed by atoms with Crippen LogP contribution in [0.5, 0.6) is 0 Å². The number of rotatable bonds is 3. The fourth-order valence-electron chi connectivity index (χ4n) is 8.50. The average Bonchev–Trinajstić information content (AvgIpc) is 3.85. The molecule has 0 bridgehead atoms. The summed E-state index contributed by atoms with van der Waals surface area (Å²) in [6.07, 6.45) is 7.00. The number of fused-ring (bicyclic) bond motifs is 10. The minimum Gasteiger partial charge on any atom is -0.456 e. The van der Waals surface area contributed by atoms with Crippen molar-refractivity contribution in [2.24, 2.45) is 4.99 Å². The van der Waals surface area contributed by atoms with E-state index in [-0.39, 0.29) is 18.0 Å². The highest BCUT2D eigenvalue weighted by Crippen LogP contribution is 2.50. The van der Waals surface area contributed by atoms with E-state index in [1.807, 2.05) is 6.07 Å². The lowest BCUT2D eigenvalue weighted by Gasteiger charge is -2.33. The van der Waals surface area contributed by atoms with Crippen LogP contribution in [0, 0.1) is 0 Å². The summed E-state index contributed by atoms with van der Waals surface area (Å²) < 4.78 is 8.99. The maximum atomic E-state index is 6.55. The second-order valence-corrected chi connectivity index (χ2v) is 13.6. The predicted molar refractivity (Wildman–Crippen MR) is 208 cm³/mol. The summed E-state index contributed by atoms with van der Waals surface area (Å²) >= 11 is 0. The molecule has 3 unspecified atom stereocenters. The van der Waals surface area contributed by atoms with E-state index < -0.39 is 0 Å². The number of nitrogens with one attached hydrogen (secondary N) is 1. The zero-order chi connectivity index (χ0) is 33.5. The Balaban J connectivity index is 1.22. The van der Waals surface area contributed by atoms with Gasteiger partial charge in [-0.1, -0.05) is 133 Å². The van der Waals surface area contributed by atoms with Crippen LogP contribution in [0.2, 0.25) is 0 Å². The third-order valence-electron chi connectivity index (χ3n) is 10.7. The number of benzene rings is 6. The van der Waals surface area contributed by atoms with Crippen LogP contribution in [-0.4, -0.2) is 16.6 Å². The number of para-hydroxylation sites is 3. The van der Waals surface area contributed by atoms with Crippen molar-refractivity contribution in [2.75, 3.05) is 4.90 Å². The van der Waals surface area contributed by atoms with E-state index in [0.29, 0.717) is 0 Å². The molecule has 3 aliphatic rings. The molecule has 1 aliphatic carbocycles. The molecule has 0 spiro atoms. The molecule has 0 saturated carbocycles. The monoisotopic (exact) mass is 656 g/mol. The van der Waals surface area contributed by atoms with E-state index >= 15 is 0 Å². The number of anilines is 1. The molecule has 2 aromatic heterocycles. The van der Waals surface area contributed by atoms with Gasteiger partial charge >= 0.3 is 0 Å². The molecule has 0 amide bonds. The van der Waals surface area contributed by atoms with Gasteiger partial charge in [0, 0.05) is 38.7 Å². The first-order valence-corrected chi connectivity index (χ1v) is 17.6. The summed E-state index contributed by atoms with van der Waals surface area (Å²) in [5.74, 6) is 0.895. The van der Waals surface area contributed by atoms with Gasteiger partial charge in [0.2, 0.25) is 5.96 Å². The number of aliphatic imine (C=N–C) groups is 1. The van der Waals surface area contributed by atoms with Gasteiger partial charge in [-0.25, -0.2) is 4.99 Å². The normalized spacial score (nSPS) is 19.1. The van der Waals surface area contributed by atoms with Crippen LogP contribution in [0.25, 0.3) is 56.3 Å². The Morgan fingerprint density at radius 1 is 0.608 bits per heavy atom. The number of hydrogen-bond acceptors (Lipinski definition) is 4. The maximum Gasteiger partial charge on any atom is 0.204 e. The van der Waals surface area contributed by atoms with E-state index in [9.17, 15) is 0 Å². The Bertz CT molecular complexity index is 2850. The highest BCUT2D eigenvalue weighted by Gasteiger charge is 2.43. The van der Waals surface area contributed by atoms with Crippen LogP contribution in [-0.2, 0) is 0 Å². The maximum absolute atomic E-state index is 6.55. The summed E-state index contributed by atoms with van der Waals surface area (Å²) in [4.78, 5) is 8.00. The Labute approximate surface area is 294 Å².